The molecule has 0 heterocycles. The summed E-state index contributed by atoms with van der Waals surface area (Å²) in [6.07, 6.45) is 0. The summed E-state index contributed by atoms with van der Waals surface area (Å²) in [5.41, 5.74) is 3.15. The normalized spacial score (nSPS) is 11.1. The fraction of sp³-hybridized carbons (Fsp3) is 0.174. The van der Waals surface area contributed by atoms with Gasteiger partial charge in [-0.3, -0.25) is 9.52 Å². The third kappa shape index (κ3) is 5.57. The summed E-state index contributed by atoms with van der Waals surface area (Å²) in [6.45, 7) is 6.27. The van der Waals surface area contributed by atoms with Crippen LogP contribution < -0.4 is 14.8 Å². The molecule has 3 aromatic rings. The van der Waals surface area contributed by atoms with E-state index in [0.29, 0.717) is 23.7 Å². The number of sulfonamides is 1. The van der Waals surface area contributed by atoms with Crippen molar-refractivity contribution >= 4 is 38.9 Å². The highest BCUT2D eigenvalue weighted by Gasteiger charge is 2.21. The molecule has 0 aliphatic rings. The fourth-order valence-corrected chi connectivity index (χ4v) is 4.45. The molecule has 0 aliphatic carbocycles. The number of nitrogens with one attached hydrogen (secondary N) is 2. The molecule has 2 N–H and O–H groups in total. The summed E-state index contributed by atoms with van der Waals surface area (Å²) in [7, 11) is -3.99. The van der Waals surface area contributed by atoms with E-state index < -0.39 is 15.9 Å². The zero-order valence-corrected chi connectivity index (χ0v) is 19.0. The number of benzene rings is 3. The van der Waals surface area contributed by atoms with Crippen molar-refractivity contribution in [2.75, 3.05) is 16.6 Å². The molecule has 1 amide bonds. The quantitative estimate of drug-likeness (QED) is 0.495. The van der Waals surface area contributed by atoms with Gasteiger partial charge in [0, 0.05) is 16.9 Å². The SMILES string of the molecule is CCOc1ccc(NC(=O)c2ccc(Cl)c(S(=O)(=O)Nc3ccc(C)c(C)c3)c2)cc1. The number of carbonyl (C=O) groups is 1. The van der Waals surface area contributed by atoms with Crippen molar-refractivity contribution in [3.8, 4) is 5.75 Å². The van der Waals surface area contributed by atoms with Crippen LogP contribution in [0.5, 0.6) is 5.75 Å². The van der Waals surface area contributed by atoms with Gasteiger partial charge in [0.2, 0.25) is 0 Å². The average Bonchev–Trinajstić information content (AvgIpc) is 2.72. The lowest BCUT2D eigenvalue weighted by Gasteiger charge is -2.12. The van der Waals surface area contributed by atoms with E-state index in [2.05, 4.69) is 10.0 Å². The van der Waals surface area contributed by atoms with E-state index in [1.54, 1.807) is 36.4 Å². The van der Waals surface area contributed by atoms with Crippen LogP contribution in [-0.2, 0) is 10.0 Å². The lowest BCUT2D eigenvalue weighted by atomic mass is 10.1. The molecular formula is C23H23ClN2O4S. The summed E-state index contributed by atoms with van der Waals surface area (Å²) in [6, 6.07) is 16.3. The van der Waals surface area contributed by atoms with Gasteiger partial charge in [0.1, 0.15) is 10.6 Å². The van der Waals surface area contributed by atoms with Gasteiger partial charge in [-0.25, -0.2) is 8.42 Å². The summed E-state index contributed by atoms with van der Waals surface area (Å²) in [5, 5.41) is 2.76. The standard InChI is InChI=1S/C23H23ClN2O4S/c1-4-30-20-10-8-18(9-11-20)25-23(27)17-6-12-21(24)22(14-17)31(28,29)26-19-7-5-15(2)16(3)13-19/h5-14,26H,4H2,1-3H3,(H,25,27). The van der Waals surface area contributed by atoms with Crippen molar-refractivity contribution in [2.24, 2.45) is 0 Å². The zero-order valence-electron chi connectivity index (χ0n) is 17.4. The Hall–Kier alpha value is -3.03. The number of amides is 1. The molecule has 8 heteroatoms. The Morgan fingerprint density at radius 3 is 2.26 bits per heavy atom. The molecule has 0 saturated carbocycles. The highest BCUT2D eigenvalue weighted by Crippen LogP contribution is 2.26. The largest absolute Gasteiger partial charge is 0.494 e. The van der Waals surface area contributed by atoms with Crippen molar-refractivity contribution in [3.63, 3.8) is 0 Å². The number of hydrogen-bond acceptors (Lipinski definition) is 4. The minimum absolute atomic E-state index is 0.0222. The van der Waals surface area contributed by atoms with Crippen LogP contribution in [0.3, 0.4) is 0 Å². The number of halogens is 1. The van der Waals surface area contributed by atoms with Crippen molar-refractivity contribution < 1.29 is 17.9 Å². The highest BCUT2D eigenvalue weighted by atomic mass is 35.5. The molecule has 0 atom stereocenters. The predicted octanol–water partition coefficient (Wildman–Crippen LogP) is 5.41. The Morgan fingerprint density at radius 2 is 1.61 bits per heavy atom. The highest BCUT2D eigenvalue weighted by molar-refractivity contribution is 7.92. The van der Waals surface area contributed by atoms with Crippen LogP contribution in [0.25, 0.3) is 0 Å². The van der Waals surface area contributed by atoms with Crippen LogP contribution in [0, 0.1) is 13.8 Å². The first-order valence-electron chi connectivity index (χ1n) is 9.63. The average molecular weight is 459 g/mol. The fourth-order valence-electron chi connectivity index (χ4n) is 2.87. The topological polar surface area (TPSA) is 84.5 Å². The molecule has 0 unspecified atom stereocenters. The third-order valence-corrected chi connectivity index (χ3v) is 6.53. The lowest BCUT2D eigenvalue weighted by molar-refractivity contribution is 0.102. The summed E-state index contributed by atoms with van der Waals surface area (Å²) >= 11 is 6.15. The van der Waals surface area contributed by atoms with Gasteiger partial charge in [-0.1, -0.05) is 17.7 Å². The third-order valence-electron chi connectivity index (χ3n) is 4.67. The minimum atomic E-state index is -3.99. The van der Waals surface area contributed by atoms with Crippen molar-refractivity contribution in [1.29, 1.82) is 0 Å². The molecule has 0 saturated heterocycles. The summed E-state index contributed by atoms with van der Waals surface area (Å²) < 4.78 is 33.7. The Balaban J connectivity index is 1.82. The van der Waals surface area contributed by atoms with Gasteiger partial charge in [-0.05, 0) is 86.5 Å². The monoisotopic (exact) mass is 458 g/mol. The second kappa shape index (κ2) is 9.41. The molecule has 0 spiro atoms. The predicted molar refractivity (Wildman–Crippen MR) is 124 cm³/mol. The Kier molecular flexibility index (Phi) is 6.87. The van der Waals surface area contributed by atoms with E-state index >= 15 is 0 Å². The molecule has 0 aliphatic heterocycles. The molecule has 3 rings (SSSR count). The summed E-state index contributed by atoms with van der Waals surface area (Å²) in [5.74, 6) is 0.237. The molecule has 0 bridgehead atoms. The Labute approximate surface area is 187 Å². The van der Waals surface area contributed by atoms with Gasteiger partial charge < -0.3 is 10.1 Å². The van der Waals surface area contributed by atoms with Crippen molar-refractivity contribution in [3.05, 3.63) is 82.4 Å². The Morgan fingerprint density at radius 1 is 0.935 bits per heavy atom. The van der Waals surface area contributed by atoms with Crippen LogP contribution in [0.1, 0.15) is 28.4 Å². The molecule has 162 valence electrons. The molecule has 6 nitrogen and oxygen atoms in total. The van der Waals surface area contributed by atoms with Gasteiger partial charge in [-0.15, -0.1) is 0 Å². The van der Waals surface area contributed by atoms with E-state index in [1.807, 2.05) is 26.8 Å². The summed E-state index contributed by atoms with van der Waals surface area (Å²) in [4.78, 5) is 12.5. The number of ether oxygens (including phenoxy) is 1. The first-order chi connectivity index (χ1) is 14.7. The van der Waals surface area contributed by atoms with Crippen molar-refractivity contribution in [1.82, 2.24) is 0 Å². The lowest BCUT2D eigenvalue weighted by Crippen LogP contribution is -2.16. The molecule has 3 aromatic carbocycles. The smallest absolute Gasteiger partial charge is 0.263 e. The first-order valence-corrected chi connectivity index (χ1v) is 11.5. The van der Waals surface area contributed by atoms with Gasteiger partial charge in [0.15, 0.2) is 0 Å². The van der Waals surface area contributed by atoms with Crippen LogP contribution in [0.4, 0.5) is 11.4 Å². The van der Waals surface area contributed by atoms with Gasteiger partial charge in [0.25, 0.3) is 15.9 Å². The van der Waals surface area contributed by atoms with Crippen LogP contribution in [-0.4, -0.2) is 20.9 Å². The van der Waals surface area contributed by atoms with E-state index in [-0.39, 0.29) is 15.5 Å². The van der Waals surface area contributed by atoms with Gasteiger partial charge in [-0.2, -0.15) is 0 Å². The molecule has 0 aromatic heterocycles. The number of hydrogen-bond donors (Lipinski definition) is 2. The maximum Gasteiger partial charge on any atom is 0.263 e. The van der Waals surface area contributed by atoms with Crippen LogP contribution in [0.15, 0.2) is 65.6 Å². The molecule has 31 heavy (non-hydrogen) atoms. The van der Waals surface area contributed by atoms with Crippen LogP contribution >= 0.6 is 11.6 Å². The Bertz CT molecular complexity index is 1210. The van der Waals surface area contributed by atoms with Crippen LogP contribution in [0.2, 0.25) is 5.02 Å². The number of anilines is 2. The second-order valence-corrected chi connectivity index (χ2v) is 9.02. The van der Waals surface area contributed by atoms with E-state index in [1.165, 1.54) is 18.2 Å². The zero-order chi connectivity index (χ0) is 22.6. The molecule has 0 radical (unpaired) electrons. The second-order valence-electron chi connectivity index (χ2n) is 6.96. The number of aryl methyl sites for hydroxylation is 2. The maximum absolute atomic E-state index is 12.9. The maximum atomic E-state index is 12.9. The van der Waals surface area contributed by atoms with Crippen molar-refractivity contribution in [2.45, 2.75) is 25.7 Å². The van der Waals surface area contributed by atoms with Gasteiger partial charge in [0.05, 0.1) is 11.6 Å². The first kappa shape index (κ1) is 22.7. The number of rotatable bonds is 7. The number of carbonyl (C=O) groups excluding carboxylic acids is 1. The van der Waals surface area contributed by atoms with E-state index in [9.17, 15) is 13.2 Å². The van der Waals surface area contributed by atoms with E-state index in [4.69, 9.17) is 16.3 Å². The van der Waals surface area contributed by atoms with Gasteiger partial charge >= 0.3 is 0 Å². The van der Waals surface area contributed by atoms with E-state index in [0.717, 1.165) is 11.1 Å². The molecule has 0 fully saturated rings. The molecular weight excluding hydrogens is 436 g/mol. The minimum Gasteiger partial charge on any atom is -0.494 e.